The molecule has 0 saturated carbocycles. The zero-order valence-electron chi connectivity index (χ0n) is 14.0. The summed E-state index contributed by atoms with van der Waals surface area (Å²) < 4.78 is 10.4. The van der Waals surface area contributed by atoms with Crippen molar-refractivity contribution in [3.8, 4) is 0 Å². The summed E-state index contributed by atoms with van der Waals surface area (Å²) in [5.74, 6) is 0.153. The summed E-state index contributed by atoms with van der Waals surface area (Å²) in [5, 5.41) is 4.33. The van der Waals surface area contributed by atoms with Crippen LogP contribution in [-0.2, 0) is 4.74 Å². The Hall–Kier alpha value is -2.48. The highest BCUT2D eigenvalue weighted by atomic mass is 32.1. The van der Waals surface area contributed by atoms with E-state index in [9.17, 15) is 9.59 Å². The number of carbonyl (C=O) groups excluding carboxylic acids is 1. The van der Waals surface area contributed by atoms with Gasteiger partial charge in [-0.3, -0.25) is 4.79 Å². The summed E-state index contributed by atoms with van der Waals surface area (Å²) in [5.41, 5.74) is 1.46. The van der Waals surface area contributed by atoms with E-state index >= 15 is 0 Å². The Morgan fingerprint density at radius 3 is 2.62 bits per heavy atom. The number of aromatic nitrogens is 3. The van der Waals surface area contributed by atoms with Gasteiger partial charge in [-0.05, 0) is 40.2 Å². The number of aromatic amines is 1. The number of rotatable bonds is 3. The van der Waals surface area contributed by atoms with Crippen LogP contribution in [0.1, 0.15) is 51.1 Å². The van der Waals surface area contributed by atoms with Crippen LogP contribution in [0.25, 0.3) is 10.2 Å². The van der Waals surface area contributed by atoms with E-state index in [4.69, 9.17) is 9.26 Å². The molecular weight excluding hydrogens is 330 g/mol. The number of thiophene rings is 1. The topological polar surface area (TPSA) is 98.1 Å². The Morgan fingerprint density at radius 1 is 1.29 bits per heavy atom. The van der Waals surface area contributed by atoms with E-state index in [1.165, 1.54) is 11.3 Å². The number of H-pyrrole nitrogens is 1. The van der Waals surface area contributed by atoms with E-state index < -0.39 is 12.1 Å². The Bertz CT molecular complexity index is 979. The van der Waals surface area contributed by atoms with Crippen LogP contribution in [0.4, 0.5) is 0 Å². The molecule has 0 saturated heterocycles. The summed E-state index contributed by atoms with van der Waals surface area (Å²) in [6.45, 7) is 8.81. The largest absolute Gasteiger partial charge is 0.451 e. The number of hydrogen-bond donors (Lipinski definition) is 1. The van der Waals surface area contributed by atoms with E-state index in [1.807, 2.05) is 13.8 Å². The van der Waals surface area contributed by atoms with Crippen LogP contribution in [0.5, 0.6) is 0 Å². The molecule has 0 aromatic carbocycles. The first-order valence-corrected chi connectivity index (χ1v) is 8.25. The van der Waals surface area contributed by atoms with Gasteiger partial charge in [0, 0.05) is 4.88 Å². The van der Waals surface area contributed by atoms with Gasteiger partial charge in [-0.1, -0.05) is 5.16 Å². The third kappa shape index (κ3) is 2.62. The molecule has 7 nitrogen and oxygen atoms in total. The number of aryl methyl sites for hydroxylation is 4. The summed E-state index contributed by atoms with van der Waals surface area (Å²) in [7, 11) is 0. The third-order valence-electron chi connectivity index (χ3n) is 3.96. The van der Waals surface area contributed by atoms with E-state index in [-0.39, 0.29) is 5.56 Å². The van der Waals surface area contributed by atoms with Gasteiger partial charge >= 0.3 is 5.97 Å². The van der Waals surface area contributed by atoms with E-state index in [0.717, 1.165) is 10.4 Å². The van der Waals surface area contributed by atoms with Gasteiger partial charge in [0.2, 0.25) is 0 Å². The van der Waals surface area contributed by atoms with Gasteiger partial charge in [-0.25, -0.2) is 9.78 Å². The van der Waals surface area contributed by atoms with Crippen molar-refractivity contribution in [2.75, 3.05) is 0 Å². The first-order valence-electron chi connectivity index (χ1n) is 7.43. The predicted molar refractivity (Wildman–Crippen MR) is 89.5 cm³/mol. The quantitative estimate of drug-likeness (QED) is 0.731. The van der Waals surface area contributed by atoms with Crippen LogP contribution >= 0.6 is 11.3 Å². The van der Waals surface area contributed by atoms with Crippen molar-refractivity contribution in [2.24, 2.45) is 0 Å². The lowest BCUT2D eigenvalue weighted by Crippen LogP contribution is -2.17. The molecule has 3 rings (SSSR count). The van der Waals surface area contributed by atoms with Gasteiger partial charge in [-0.2, -0.15) is 0 Å². The number of ether oxygens (including phenoxy) is 1. The lowest BCUT2D eigenvalue weighted by atomic mass is 10.2. The Morgan fingerprint density at radius 2 is 2.00 bits per heavy atom. The van der Waals surface area contributed by atoms with Crippen molar-refractivity contribution in [2.45, 2.75) is 40.7 Å². The Kier molecular flexibility index (Phi) is 4.00. The van der Waals surface area contributed by atoms with Gasteiger partial charge in [0.15, 0.2) is 11.9 Å². The molecule has 3 aromatic heterocycles. The number of hydrogen-bond acceptors (Lipinski definition) is 7. The van der Waals surface area contributed by atoms with Crippen LogP contribution in [-0.4, -0.2) is 21.1 Å². The molecule has 3 heterocycles. The number of nitrogens with zero attached hydrogens (tertiary/aromatic N) is 2. The molecule has 0 aliphatic heterocycles. The molecule has 0 bridgehead atoms. The molecule has 8 heteroatoms. The standard InChI is InChI=1S/C16H17N3O4S/c1-6-10(5)24-15-11(6)14(20)17-13(18-15)9(4)22-16(21)12-7(2)19-23-8(12)3/h9H,1-5H3,(H,17,18,20). The first-order chi connectivity index (χ1) is 11.3. The summed E-state index contributed by atoms with van der Waals surface area (Å²) >= 11 is 1.45. The second-order valence-electron chi connectivity index (χ2n) is 5.66. The summed E-state index contributed by atoms with van der Waals surface area (Å²) in [6.07, 6.45) is -0.703. The molecule has 24 heavy (non-hydrogen) atoms. The fourth-order valence-corrected chi connectivity index (χ4v) is 3.55. The van der Waals surface area contributed by atoms with Crippen molar-refractivity contribution in [3.05, 3.63) is 43.6 Å². The molecular formula is C16H17N3O4S. The highest BCUT2D eigenvalue weighted by molar-refractivity contribution is 7.18. The summed E-state index contributed by atoms with van der Waals surface area (Å²) in [6, 6.07) is 0. The number of fused-ring (bicyclic) bond motifs is 1. The Balaban J connectivity index is 1.93. The second kappa shape index (κ2) is 5.86. The normalized spacial score (nSPS) is 12.5. The molecule has 3 aromatic rings. The van der Waals surface area contributed by atoms with E-state index in [2.05, 4.69) is 15.1 Å². The maximum atomic E-state index is 12.3. The van der Waals surface area contributed by atoms with Crippen molar-refractivity contribution in [1.29, 1.82) is 0 Å². The van der Waals surface area contributed by atoms with Gasteiger partial charge in [0.25, 0.3) is 5.56 Å². The number of nitrogens with one attached hydrogen (secondary N) is 1. The maximum Gasteiger partial charge on any atom is 0.344 e. The number of carbonyl (C=O) groups is 1. The molecule has 1 atom stereocenters. The van der Waals surface area contributed by atoms with Crippen LogP contribution in [0.2, 0.25) is 0 Å². The van der Waals surface area contributed by atoms with Gasteiger partial charge in [0.1, 0.15) is 16.2 Å². The fourth-order valence-electron chi connectivity index (χ4n) is 2.51. The Labute approximate surface area is 141 Å². The third-order valence-corrected chi connectivity index (χ3v) is 5.06. The van der Waals surface area contributed by atoms with E-state index in [1.54, 1.807) is 20.8 Å². The maximum absolute atomic E-state index is 12.3. The SMILES string of the molecule is Cc1noc(C)c1C(=O)OC(C)c1nc2sc(C)c(C)c2c(=O)[nH]1. The lowest BCUT2D eigenvalue weighted by Gasteiger charge is -2.12. The number of esters is 1. The lowest BCUT2D eigenvalue weighted by molar-refractivity contribution is 0.0317. The van der Waals surface area contributed by atoms with E-state index in [0.29, 0.717) is 33.1 Å². The summed E-state index contributed by atoms with van der Waals surface area (Å²) in [4.78, 5) is 33.4. The molecule has 0 amide bonds. The molecule has 0 aliphatic rings. The van der Waals surface area contributed by atoms with Crippen molar-refractivity contribution in [1.82, 2.24) is 15.1 Å². The average Bonchev–Trinajstić information content (AvgIpc) is 2.99. The predicted octanol–water partition coefficient (Wildman–Crippen LogP) is 3.12. The highest BCUT2D eigenvalue weighted by Crippen LogP contribution is 2.27. The minimum absolute atomic E-state index is 0.225. The van der Waals surface area contributed by atoms with Crippen molar-refractivity contribution < 1.29 is 14.1 Å². The first kappa shape index (κ1) is 16.4. The second-order valence-corrected chi connectivity index (χ2v) is 6.86. The molecule has 1 N–H and O–H groups in total. The molecule has 0 fully saturated rings. The minimum Gasteiger partial charge on any atom is -0.451 e. The highest BCUT2D eigenvalue weighted by Gasteiger charge is 2.23. The zero-order valence-corrected chi connectivity index (χ0v) is 14.8. The smallest absolute Gasteiger partial charge is 0.344 e. The van der Waals surface area contributed by atoms with Crippen LogP contribution in [0.15, 0.2) is 9.32 Å². The monoisotopic (exact) mass is 347 g/mol. The van der Waals surface area contributed by atoms with Gasteiger partial charge in [0.05, 0.1) is 11.1 Å². The van der Waals surface area contributed by atoms with Crippen LogP contribution in [0.3, 0.4) is 0 Å². The van der Waals surface area contributed by atoms with Gasteiger partial charge < -0.3 is 14.2 Å². The molecule has 126 valence electrons. The fraction of sp³-hybridized carbons (Fsp3) is 0.375. The van der Waals surface area contributed by atoms with Crippen LogP contribution in [0, 0.1) is 27.7 Å². The zero-order chi connectivity index (χ0) is 17.6. The van der Waals surface area contributed by atoms with Gasteiger partial charge in [-0.15, -0.1) is 11.3 Å². The van der Waals surface area contributed by atoms with Crippen molar-refractivity contribution in [3.63, 3.8) is 0 Å². The average molecular weight is 347 g/mol. The molecule has 0 radical (unpaired) electrons. The molecule has 1 unspecified atom stereocenters. The van der Waals surface area contributed by atoms with Crippen molar-refractivity contribution >= 4 is 27.5 Å². The minimum atomic E-state index is -0.703. The molecule has 0 spiro atoms. The van der Waals surface area contributed by atoms with Crippen LogP contribution < -0.4 is 5.56 Å². The molecule has 0 aliphatic carbocycles.